The highest BCUT2D eigenvalue weighted by molar-refractivity contribution is 5.19. The smallest absolute Gasteiger partial charge is 0.123 e. The van der Waals surface area contributed by atoms with Gasteiger partial charge in [-0.25, -0.2) is 4.39 Å². The van der Waals surface area contributed by atoms with Gasteiger partial charge in [0, 0.05) is 12.6 Å². The Morgan fingerprint density at radius 3 is 2.72 bits per heavy atom. The van der Waals surface area contributed by atoms with E-state index in [2.05, 4.69) is 25.8 Å². The van der Waals surface area contributed by atoms with Crippen molar-refractivity contribution in [3.63, 3.8) is 0 Å². The number of nitrogens with two attached hydrogens (primary N) is 1. The fourth-order valence-electron chi connectivity index (χ4n) is 2.02. The molecule has 2 nitrogen and oxygen atoms in total. The monoisotopic (exact) mass is 252 g/mol. The predicted octanol–water partition coefficient (Wildman–Crippen LogP) is 3.19. The maximum atomic E-state index is 13.1. The van der Waals surface area contributed by atoms with Crippen molar-refractivity contribution in [1.29, 1.82) is 0 Å². The molecule has 1 aromatic carbocycles. The van der Waals surface area contributed by atoms with E-state index in [0.717, 1.165) is 25.1 Å². The maximum absolute atomic E-state index is 13.1. The summed E-state index contributed by atoms with van der Waals surface area (Å²) in [7, 11) is 2.12. The summed E-state index contributed by atoms with van der Waals surface area (Å²) in [4.78, 5) is 2.30. The highest BCUT2D eigenvalue weighted by atomic mass is 19.1. The van der Waals surface area contributed by atoms with Crippen LogP contribution in [0.2, 0.25) is 0 Å². The van der Waals surface area contributed by atoms with Crippen molar-refractivity contribution in [3.05, 3.63) is 35.6 Å². The van der Waals surface area contributed by atoms with E-state index < -0.39 is 0 Å². The summed E-state index contributed by atoms with van der Waals surface area (Å²) < 4.78 is 13.1. The summed E-state index contributed by atoms with van der Waals surface area (Å²) >= 11 is 0. The standard InChI is InChI=1S/C15H25FN2/c1-4-12(2)11-18(3)9-8-15(17)13-6-5-7-14(16)10-13/h5-7,10,12,15H,4,8-9,11,17H2,1-3H3. The molecule has 0 aromatic heterocycles. The quantitative estimate of drug-likeness (QED) is 0.807. The second kappa shape index (κ2) is 7.49. The third-order valence-corrected chi connectivity index (χ3v) is 3.42. The van der Waals surface area contributed by atoms with Crippen LogP contribution in [0.4, 0.5) is 4.39 Å². The van der Waals surface area contributed by atoms with Crippen LogP contribution in [0.1, 0.15) is 38.3 Å². The zero-order valence-corrected chi connectivity index (χ0v) is 11.7. The summed E-state index contributed by atoms with van der Waals surface area (Å²) in [5.41, 5.74) is 6.96. The first-order valence-corrected chi connectivity index (χ1v) is 6.72. The molecule has 0 radical (unpaired) electrons. The summed E-state index contributed by atoms with van der Waals surface area (Å²) in [6.07, 6.45) is 2.05. The highest BCUT2D eigenvalue weighted by Gasteiger charge is 2.09. The maximum Gasteiger partial charge on any atom is 0.123 e. The first-order valence-electron chi connectivity index (χ1n) is 6.72. The van der Waals surface area contributed by atoms with Gasteiger partial charge in [-0.2, -0.15) is 0 Å². The van der Waals surface area contributed by atoms with E-state index in [-0.39, 0.29) is 11.9 Å². The minimum Gasteiger partial charge on any atom is -0.324 e. The molecule has 0 saturated carbocycles. The Morgan fingerprint density at radius 2 is 2.11 bits per heavy atom. The summed E-state index contributed by atoms with van der Waals surface area (Å²) in [5, 5.41) is 0. The molecule has 0 aliphatic heterocycles. The number of hydrogen-bond acceptors (Lipinski definition) is 2. The van der Waals surface area contributed by atoms with E-state index in [1.54, 1.807) is 6.07 Å². The topological polar surface area (TPSA) is 29.3 Å². The van der Waals surface area contributed by atoms with Crippen LogP contribution in [0, 0.1) is 11.7 Å². The Bertz CT molecular complexity index is 354. The Kier molecular flexibility index (Phi) is 6.30. The lowest BCUT2D eigenvalue weighted by molar-refractivity contribution is 0.272. The average Bonchev–Trinajstić information content (AvgIpc) is 2.35. The molecule has 0 spiro atoms. The van der Waals surface area contributed by atoms with E-state index in [1.165, 1.54) is 18.6 Å². The number of hydrogen-bond donors (Lipinski definition) is 1. The van der Waals surface area contributed by atoms with Gasteiger partial charge < -0.3 is 10.6 Å². The van der Waals surface area contributed by atoms with Crippen LogP contribution in [-0.4, -0.2) is 25.0 Å². The minimum absolute atomic E-state index is 0.0833. The minimum atomic E-state index is -0.212. The third kappa shape index (κ3) is 5.15. The van der Waals surface area contributed by atoms with Gasteiger partial charge in [-0.3, -0.25) is 0 Å². The van der Waals surface area contributed by atoms with Crippen LogP contribution in [-0.2, 0) is 0 Å². The lowest BCUT2D eigenvalue weighted by atomic mass is 10.0. The van der Waals surface area contributed by atoms with Crippen molar-refractivity contribution in [3.8, 4) is 0 Å². The van der Waals surface area contributed by atoms with E-state index in [1.807, 2.05) is 6.07 Å². The van der Waals surface area contributed by atoms with Crippen molar-refractivity contribution < 1.29 is 4.39 Å². The molecule has 0 saturated heterocycles. The predicted molar refractivity (Wildman–Crippen MR) is 74.9 cm³/mol. The second-order valence-corrected chi connectivity index (χ2v) is 5.23. The van der Waals surface area contributed by atoms with Gasteiger partial charge in [0.05, 0.1) is 0 Å². The van der Waals surface area contributed by atoms with Crippen molar-refractivity contribution in [1.82, 2.24) is 4.90 Å². The van der Waals surface area contributed by atoms with Crippen molar-refractivity contribution in [2.45, 2.75) is 32.7 Å². The lowest BCUT2D eigenvalue weighted by Gasteiger charge is -2.22. The van der Waals surface area contributed by atoms with Crippen LogP contribution in [0.15, 0.2) is 24.3 Å². The second-order valence-electron chi connectivity index (χ2n) is 5.23. The van der Waals surface area contributed by atoms with Crippen LogP contribution >= 0.6 is 0 Å². The Hall–Kier alpha value is -0.930. The van der Waals surface area contributed by atoms with Crippen LogP contribution in [0.5, 0.6) is 0 Å². The fourth-order valence-corrected chi connectivity index (χ4v) is 2.02. The average molecular weight is 252 g/mol. The van der Waals surface area contributed by atoms with Crippen molar-refractivity contribution in [2.24, 2.45) is 11.7 Å². The summed E-state index contributed by atoms with van der Waals surface area (Å²) in [5.74, 6) is 0.497. The van der Waals surface area contributed by atoms with Gasteiger partial charge in [-0.05, 0) is 43.6 Å². The molecule has 0 heterocycles. The zero-order chi connectivity index (χ0) is 13.5. The molecule has 0 aliphatic carbocycles. The normalized spacial score (nSPS) is 14.8. The highest BCUT2D eigenvalue weighted by Crippen LogP contribution is 2.15. The molecule has 2 atom stereocenters. The van der Waals surface area contributed by atoms with Gasteiger partial charge >= 0.3 is 0 Å². The lowest BCUT2D eigenvalue weighted by Crippen LogP contribution is -2.27. The first-order chi connectivity index (χ1) is 8.52. The van der Waals surface area contributed by atoms with Gasteiger partial charge in [0.2, 0.25) is 0 Å². The number of benzene rings is 1. The SMILES string of the molecule is CCC(C)CN(C)CCC(N)c1cccc(F)c1. The molecular weight excluding hydrogens is 227 g/mol. The first kappa shape index (κ1) is 15.1. The van der Waals surface area contributed by atoms with E-state index in [9.17, 15) is 4.39 Å². The molecule has 0 aliphatic rings. The molecule has 1 aromatic rings. The largest absolute Gasteiger partial charge is 0.324 e. The van der Waals surface area contributed by atoms with E-state index in [4.69, 9.17) is 5.73 Å². The molecular formula is C15H25FN2. The summed E-state index contributed by atoms with van der Waals surface area (Å²) in [6, 6.07) is 6.50. The third-order valence-electron chi connectivity index (χ3n) is 3.42. The molecule has 0 fully saturated rings. The summed E-state index contributed by atoms with van der Waals surface area (Å²) in [6.45, 7) is 6.49. The van der Waals surface area contributed by atoms with Crippen LogP contribution in [0.25, 0.3) is 0 Å². The molecule has 0 amide bonds. The van der Waals surface area contributed by atoms with E-state index in [0.29, 0.717) is 5.92 Å². The Morgan fingerprint density at radius 1 is 1.39 bits per heavy atom. The van der Waals surface area contributed by atoms with Crippen molar-refractivity contribution >= 4 is 0 Å². The number of rotatable bonds is 7. The molecule has 102 valence electrons. The van der Waals surface area contributed by atoms with Crippen LogP contribution < -0.4 is 5.73 Å². The zero-order valence-electron chi connectivity index (χ0n) is 11.7. The Labute approximate surface area is 110 Å². The van der Waals surface area contributed by atoms with Gasteiger partial charge in [0.15, 0.2) is 0 Å². The molecule has 2 unspecified atom stereocenters. The fraction of sp³-hybridized carbons (Fsp3) is 0.600. The molecule has 0 bridgehead atoms. The van der Waals surface area contributed by atoms with Gasteiger partial charge in [0.25, 0.3) is 0 Å². The molecule has 2 N–H and O–H groups in total. The van der Waals surface area contributed by atoms with Gasteiger partial charge in [-0.15, -0.1) is 0 Å². The van der Waals surface area contributed by atoms with Crippen molar-refractivity contribution in [2.75, 3.05) is 20.1 Å². The van der Waals surface area contributed by atoms with Gasteiger partial charge in [0.1, 0.15) is 5.82 Å². The number of halogens is 1. The molecule has 3 heteroatoms. The van der Waals surface area contributed by atoms with Crippen LogP contribution in [0.3, 0.4) is 0 Å². The Balaban J connectivity index is 2.39. The molecule has 18 heavy (non-hydrogen) atoms. The van der Waals surface area contributed by atoms with Gasteiger partial charge in [-0.1, -0.05) is 32.4 Å². The van der Waals surface area contributed by atoms with E-state index >= 15 is 0 Å². The number of nitrogens with zero attached hydrogens (tertiary/aromatic N) is 1. The molecule has 1 rings (SSSR count).